The summed E-state index contributed by atoms with van der Waals surface area (Å²) in [6.45, 7) is 4.40. The van der Waals surface area contributed by atoms with Gasteiger partial charge in [0.1, 0.15) is 5.82 Å². The predicted octanol–water partition coefficient (Wildman–Crippen LogP) is 4.38. The number of hydrogen-bond donors (Lipinski definition) is 3. The van der Waals surface area contributed by atoms with E-state index in [-0.39, 0.29) is 11.7 Å². The number of halogens is 1. The van der Waals surface area contributed by atoms with E-state index in [9.17, 15) is 9.18 Å². The fourth-order valence-electron chi connectivity index (χ4n) is 3.61. The molecule has 4 nitrogen and oxygen atoms in total. The summed E-state index contributed by atoms with van der Waals surface area (Å²) >= 11 is 0. The van der Waals surface area contributed by atoms with Gasteiger partial charge in [0.2, 0.25) is 0 Å². The van der Waals surface area contributed by atoms with Gasteiger partial charge in [-0.15, -0.1) is 0 Å². The lowest BCUT2D eigenvalue weighted by Crippen LogP contribution is -2.25. The highest BCUT2D eigenvalue weighted by atomic mass is 19.1. The fourth-order valence-corrected chi connectivity index (χ4v) is 3.61. The fraction of sp³-hybridized carbons (Fsp3) is 0.190. The van der Waals surface area contributed by atoms with Crippen LogP contribution in [0.3, 0.4) is 0 Å². The number of aromatic nitrogens is 2. The monoisotopic (exact) mass is 349 g/mol. The van der Waals surface area contributed by atoms with Gasteiger partial charge in [-0.1, -0.05) is 24.3 Å². The second-order valence-electron chi connectivity index (χ2n) is 6.60. The molecule has 2 aromatic heterocycles. The van der Waals surface area contributed by atoms with E-state index < -0.39 is 0 Å². The Hall–Kier alpha value is -3.08. The van der Waals surface area contributed by atoms with E-state index in [2.05, 4.69) is 15.3 Å². The van der Waals surface area contributed by atoms with Crippen molar-refractivity contribution in [3.8, 4) is 0 Å². The Morgan fingerprint density at radius 3 is 2.81 bits per heavy atom. The van der Waals surface area contributed by atoms with Crippen LogP contribution in [0.5, 0.6) is 0 Å². The molecule has 0 atom stereocenters. The second kappa shape index (κ2) is 6.33. The maximum absolute atomic E-state index is 14.0. The highest BCUT2D eigenvalue weighted by molar-refractivity contribution is 6.06. The molecule has 0 saturated heterocycles. The van der Waals surface area contributed by atoms with Crippen molar-refractivity contribution in [1.29, 1.82) is 0 Å². The summed E-state index contributed by atoms with van der Waals surface area (Å²) in [5.41, 5.74) is 5.14. The number of aryl methyl sites for hydroxylation is 2. The normalized spacial score (nSPS) is 11.3. The van der Waals surface area contributed by atoms with Crippen LogP contribution < -0.4 is 5.32 Å². The maximum Gasteiger partial charge on any atom is 0.253 e. The molecule has 0 saturated carbocycles. The van der Waals surface area contributed by atoms with Gasteiger partial charge in [-0.05, 0) is 43.5 Å². The number of amides is 1. The van der Waals surface area contributed by atoms with Crippen LogP contribution in [-0.4, -0.2) is 22.4 Å². The van der Waals surface area contributed by atoms with Crippen LogP contribution >= 0.6 is 0 Å². The molecule has 2 aromatic carbocycles. The molecule has 2 heterocycles. The predicted molar refractivity (Wildman–Crippen MR) is 102 cm³/mol. The molecule has 3 N–H and O–H groups in total. The first-order valence-electron chi connectivity index (χ1n) is 8.67. The zero-order chi connectivity index (χ0) is 18.3. The summed E-state index contributed by atoms with van der Waals surface area (Å²) in [4.78, 5) is 18.8. The van der Waals surface area contributed by atoms with Crippen LogP contribution in [0.4, 0.5) is 4.39 Å². The molecule has 132 valence electrons. The SMILES string of the molecule is Cc1[nH]c2c(F)ccc(C)c2c1CCNC(=O)c1c[nH]c2ccccc12. The molecule has 0 bridgehead atoms. The Balaban J connectivity index is 1.53. The van der Waals surface area contributed by atoms with Crippen LogP contribution in [-0.2, 0) is 6.42 Å². The molecule has 0 spiro atoms. The number of benzene rings is 2. The second-order valence-corrected chi connectivity index (χ2v) is 6.60. The van der Waals surface area contributed by atoms with Crippen molar-refractivity contribution < 1.29 is 9.18 Å². The lowest BCUT2D eigenvalue weighted by molar-refractivity contribution is 0.0956. The van der Waals surface area contributed by atoms with Gasteiger partial charge >= 0.3 is 0 Å². The molecular formula is C21H20FN3O. The number of nitrogens with one attached hydrogen (secondary N) is 3. The Bertz CT molecular complexity index is 1120. The molecule has 0 unspecified atom stereocenters. The van der Waals surface area contributed by atoms with Crippen molar-refractivity contribution in [3.63, 3.8) is 0 Å². The van der Waals surface area contributed by atoms with Crippen LogP contribution in [0.15, 0.2) is 42.6 Å². The molecule has 0 radical (unpaired) electrons. The summed E-state index contributed by atoms with van der Waals surface area (Å²) in [6.07, 6.45) is 2.38. The highest BCUT2D eigenvalue weighted by Gasteiger charge is 2.15. The van der Waals surface area contributed by atoms with Crippen molar-refractivity contribution >= 4 is 27.7 Å². The van der Waals surface area contributed by atoms with E-state index in [0.717, 1.165) is 33.1 Å². The average Bonchev–Trinajstić information content (AvgIpc) is 3.20. The Morgan fingerprint density at radius 2 is 1.96 bits per heavy atom. The first-order valence-corrected chi connectivity index (χ1v) is 8.67. The van der Waals surface area contributed by atoms with Crippen LogP contribution in [0.1, 0.15) is 27.2 Å². The summed E-state index contributed by atoms with van der Waals surface area (Å²) in [5, 5.41) is 4.80. The van der Waals surface area contributed by atoms with Gasteiger partial charge in [0.25, 0.3) is 5.91 Å². The van der Waals surface area contributed by atoms with Crippen LogP contribution in [0, 0.1) is 19.7 Å². The minimum atomic E-state index is -0.247. The molecule has 0 aliphatic carbocycles. The van der Waals surface area contributed by atoms with E-state index in [0.29, 0.717) is 24.0 Å². The quantitative estimate of drug-likeness (QED) is 0.503. The lowest BCUT2D eigenvalue weighted by atomic mass is 10.0. The third-order valence-electron chi connectivity index (χ3n) is 4.92. The summed E-state index contributed by atoms with van der Waals surface area (Å²) < 4.78 is 14.0. The van der Waals surface area contributed by atoms with Crippen molar-refractivity contribution in [2.24, 2.45) is 0 Å². The highest BCUT2D eigenvalue weighted by Crippen LogP contribution is 2.27. The molecule has 26 heavy (non-hydrogen) atoms. The number of carbonyl (C=O) groups excluding carboxylic acids is 1. The molecule has 0 aliphatic rings. The maximum atomic E-state index is 14.0. The third kappa shape index (κ3) is 2.65. The minimum absolute atomic E-state index is 0.108. The van der Waals surface area contributed by atoms with E-state index in [1.807, 2.05) is 38.1 Å². The zero-order valence-corrected chi connectivity index (χ0v) is 14.7. The molecule has 4 rings (SSSR count). The number of rotatable bonds is 4. The third-order valence-corrected chi connectivity index (χ3v) is 4.92. The molecule has 5 heteroatoms. The summed E-state index contributed by atoms with van der Waals surface area (Å²) in [7, 11) is 0. The molecule has 1 amide bonds. The first-order chi connectivity index (χ1) is 12.6. The van der Waals surface area contributed by atoms with Crippen LogP contribution in [0.25, 0.3) is 21.8 Å². The van der Waals surface area contributed by atoms with Gasteiger partial charge in [0.15, 0.2) is 0 Å². The van der Waals surface area contributed by atoms with Gasteiger partial charge in [-0.25, -0.2) is 4.39 Å². The smallest absolute Gasteiger partial charge is 0.253 e. The molecule has 0 aliphatic heterocycles. The minimum Gasteiger partial charge on any atom is -0.360 e. The van der Waals surface area contributed by atoms with Crippen LogP contribution in [0.2, 0.25) is 0 Å². The number of carbonyl (C=O) groups is 1. The van der Waals surface area contributed by atoms with Gasteiger partial charge in [0.05, 0.1) is 11.1 Å². The Kier molecular flexibility index (Phi) is 3.99. The van der Waals surface area contributed by atoms with Crippen molar-refractivity contribution in [2.45, 2.75) is 20.3 Å². The average molecular weight is 349 g/mol. The topological polar surface area (TPSA) is 60.7 Å². The standard InChI is InChI=1S/C21H20FN3O/c1-12-7-8-17(22)20-19(12)14(13(2)25-20)9-10-23-21(26)16-11-24-18-6-4-3-5-15(16)18/h3-8,11,24-25H,9-10H2,1-2H3,(H,23,26). The van der Waals surface area contributed by atoms with E-state index >= 15 is 0 Å². The van der Waals surface area contributed by atoms with Gasteiger partial charge in [-0.2, -0.15) is 0 Å². The van der Waals surface area contributed by atoms with Crippen molar-refractivity contribution in [2.75, 3.05) is 6.54 Å². The number of fused-ring (bicyclic) bond motifs is 2. The molecule has 4 aromatic rings. The Morgan fingerprint density at radius 1 is 1.15 bits per heavy atom. The molecule has 0 fully saturated rings. The van der Waals surface area contributed by atoms with E-state index in [1.54, 1.807) is 12.3 Å². The summed E-state index contributed by atoms with van der Waals surface area (Å²) in [6, 6.07) is 11.0. The van der Waals surface area contributed by atoms with Crippen molar-refractivity contribution in [1.82, 2.24) is 15.3 Å². The number of H-pyrrole nitrogens is 2. The molecular weight excluding hydrogens is 329 g/mol. The number of aromatic amines is 2. The summed E-state index contributed by atoms with van der Waals surface area (Å²) in [5.74, 6) is -0.356. The van der Waals surface area contributed by atoms with E-state index in [4.69, 9.17) is 0 Å². The number of para-hydroxylation sites is 1. The first kappa shape index (κ1) is 16.4. The van der Waals surface area contributed by atoms with Gasteiger partial charge in [0, 0.05) is 34.7 Å². The van der Waals surface area contributed by atoms with Gasteiger partial charge in [-0.3, -0.25) is 4.79 Å². The number of hydrogen-bond acceptors (Lipinski definition) is 1. The van der Waals surface area contributed by atoms with Crippen molar-refractivity contribution in [3.05, 3.63) is 70.8 Å². The Labute approximate surface area is 150 Å². The zero-order valence-electron chi connectivity index (χ0n) is 14.7. The van der Waals surface area contributed by atoms with E-state index in [1.165, 1.54) is 6.07 Å². The van der Waals surface area contributed by atoms with Gasteiger partial charge < -0.3 is 15.3 Å². The largest absolute Gasteiger partial charge is 0.360 e. The lowest BCUT2D eigenvalue weighted by Gasteiger charge is -2.06.